The molecule has 8 nitrogen and oxygen atoms in total. The van der Waals surface area contributed by atoms with E-state index in [1.54, 1.807) is 35.4 Å². The van der Waals surface area contributed by atoms with E-state index in [0.29, 0.717) is 5.92 Å². The van der Waals surface area contributed by atoms with Crippen LogP contribution >= 0.6 is 11.6 Å². The number of nitrogens with zero attached hydrogens (tertiary/aromatic N) is 1. The number of hydrogen-bond acceptors (Lipinski definition) is 7. The molecule has 0 spiro atoms. The highest BCUT2D eigenvalue weighted by Gasteiger charge is 2.28. The van der Waals surface area contributed by atoms with Crippen LogP contribution in [0.4, 0.5) is 0 Å². The van der Waals surface area contributed by atoms with Crippen molar-refractivity contribution in [3.8, 4) is 23.0 Å². The molecule has 204 valence electrons. The smallest absolute Gasteiger partial charge is 0.219 e. The van der Waals surface area contributed by atoms with Gasteiger partial charge in [0.15, 0.2) is 0 Å². The Morgan fingerprint density at radius 2 is 1.11 bits per heavy atom. The van der Waals surface area contributed by atoms with Crippen LogP contribution in [0.15, 0.2) is 36.4 Å². The molecular weight excluding hydrogens is 496 g/mol. The Labute approximate surface area is 225 Å². The van der Waals surface area contributed by atoms with Gasteiger partial charge < -0.3 is 29.2 Å². The number of carbonyl (C=O) groups is 2. The zero-order chi connectivity index (χ0) is 27.4. The third kappa shape index (κ3) is 10.5. The molecule has 0 atom stereocenters. The van der Waals surface area contributed by atoms with Gasteiger partial charge in [-0.25, -0.2) is 0 Å². The molecular formula is C28H39ClN2O6. The number of halogens is 1. The van der Waals surface area contributed by atoms with E-state index in [2.05, 4.69) is 29.1 Å². The number of amides is 1. The summed E-state index contributed by atoms with van der Waals surface area (Å²) < 4.78 is 21.0. The molecule has 0 saturated carbocycles. The van der Waals surface area contributed by atoms with Crippen molar-refractivity contribution in [2.75, 3.05) is 54.6 Å². The predicted molar refractivity (Wildman–Crippen MR) is 145 cm³/mol. The Kier molecular flexibility index (Phi) is 12.5. The van der Waals surface area contributed by atoms with Crippen LogP contribution in [0, 0.1) is 11.8 Å². The van der Waals surface area contributed by atoms with E-state index in [0.717, 1.165) is 67.9 Å². The van der Waals surface area contributed by atoms with Crippen molar-refractivity contribution in [2.24, 2.45) is 11.8 Å². The molecule has 4 rings (SSSR count). The summed E-state index contributed by atoms with van der Waals surface area (Å²) in [6.07, 6.45) is 2.05. The fourth-order valence-corrected chi connectivity index (χ4v) is 4.08. The molecule has 2 aliphatic heterocycles. The molecule has 0 unspecified atom stereocenters. The summed E-state index contributed by atoms with van der Waals surface area (Å²) in [6.45, 7) is 6.87. The average molecular weight is 535 g/mol. The van der Waals surface area contributed by atoms with E-state index < -0.39 is 0 Å². The van der Waals surface area contributed by atoms with Gasteiger partial charge in [-0.3, -0.25) is 9.59 Å². The number of ether oxygens (including phenoxy) is 4. The maximum absolute atomic E-state index is 11.1. The molecule has 1 N–H and O–H groups in total. The Hall–Kier alpha value is -2.97. The number of benzene rings is 2. The van der Waals surface area contributed by atoms with Gasteiger partial charge in [0.2, 0.25) is 11.1 Å². The number of hydrogen-bond donors (Lipinski definition) is 1. The summed E-state index contributed by atoms with van der Waals surface area (Å²) in [5.74, 6) is 4.84. The fourth-order valence-electron chi connectivity index (χ4n) is 4.08. The van der Waals surface area contributed by atoms with Crippen molar-refractivity contribution in [1.29, 1.82) is 0 Å². The molecule has 2 saturated heterocycles. The number of carbonyl (C=O) groups excluding carboxylic acids is 2. The van der Waals surface area contributed by atoms with Crippen molar-refractivity contribution in [3.63, 3.8) is 0 Å². The Balaban J connectivity index is 0.000000230. The minimum absolute atomic E-state index is 0.162. The minimum atomic E-state index is -0.361. The van der Waals surface area contributed by atoms with Gasteiger partial charge in [0, 0.05) is 39.1 Å². The molecule has 2 fully saturated rings. The lowest BCUT2D eigenvalue weighted by molar-refractivity contribution is -0.135. The lowest BCUT2D eigenvalue weighted by Crippen LogP contribution is -2.49. The first-order valence-electron chi connectivity index (χ1n) is 12.2. The monoisotopic (exact) mass is 534 g/mol. The molecule has 1 amide bonds. The van der Waals surface area contributed by atoms with Gasteiger partial charge in [-0.05, 0) is 84.8 Å². The van der Waals surface area contributed by atoms with Gasteiger partial charge in [0.05, 0.1) is 28.4 Å². The number of methoxy groups -OCH3 is 4. The molecule has 2 aromatic rings. The van der Waals surface area contributed by atoms with Gasteiger partial charge in [0.25, 0.3) is 0 Å². The van der Waals surface area contributed by atoms with E-state index >= 15 is 0 Å². The van der Waals surface area contributed by atoms with Gasteiger partial charge in [-0.2, -0.15) is 0 Å². The quantitative estimate of drug-likeness (QED) is 0.513. The molecule has 9 heteroatoms. The largest absolute Gasteiger partial charge is 0.497 e. The van der Waals surface area contributed by atoms with Crippen LogP contribution in [0.3, 0.4) is 0 Å². The van der Waals surface area contributed by atoms with E-state index in [-0.39, 0.29) is 11.1 Å². The highest BCUT2D eigenvalue weighted by molar-refractivity contribution is 6.62. The maximum atomic E-state index is 11.1. The first-order valence-corrected chi connectivity index (χ1v) is 12.6. The van der Waals surface area contributed by atoms with E-state index in [1.807, 2.05) is 29.2 Å². The topological polar surface area (TPSA) is 86.3 Å². The molecule has 0 radical (unpaired) electrons. The normalized spacial score (nSPS) is 14.5. The second-order valence-corrected chi connectivity index (χ2v) is 9.67. The second kappa shape index (κ2) is 15.3. The standard InChI is InChI=1S/C14H19NO3.C12H17NO2.C2H3ClO/c1-10(16)15-8-12(9-15)4-11-5-13(17-2)7-14(6-11)18-3;1-14-11-4-9(3-10-7-13-8-10)5-12(6-11)15-2;1-2(3)4/h5-7,12H,4,8-9H2,1-3H3;4-6,10,13H,3,7-8H2,1-2H3;1H3. The summed E-state index contributed by atoms with van der Waals surface area (Å²) in [6, 6.07) is 12.0. The van der Waals surface area contributed by atoms with Crippen LogP contribution in [0.1, 0.15) is 25.0 Å². The lowest BCUT2D eigenvalue weighted by atomic mass is 9.92. The van der Waals surface area contributed by atoms with E-state index in [1.165, 1.54) is 18.1 Å². The number of likely N-dealkylation sites (tertiary alicyclic amines) is 1. The summed E-state index contributed by atoms with van der Waals surface area (Å²) in [7, 11) is 6.67. The summed E-state index contributed by atoms with van der Waals surface area (Å²) in [5, 5.41) is 2.92. The molecule has 2 aromatic carbocycles. The van der Waals surface area contributed by atoms with Crippen molar-refractivity contribution in [3.05, 3.63) is 47.5 Å². The second-order valence-electron chi connectivity index (χ2n) is 9.13. The molecule has 0 aliphatic carbocycles. The number of rotatable bonds is 8. The summed E-state index contributed by atoms with van der Waals surface area (Å²) in [5.41, 5.74) is 2.48. The van der Waals surface area contributed by atoms with Gasteiger partial charge >= 0.3 is 0 Å². The third-order valence-electron chi connectivity index (χ3n) is 6.14. The average Bonchev–Trinajstić information content (AvgIpc) is 2.82. The molecule has 0 aromatic heterocycles. The van der Waals surface area contributed by atoms with Crippen LogP contribution in [0.2, 0.25) is 0 Å². The molecule has 0 bridgehead atoms. The van der Waals surface area contributed by atoms with Crippen LogP contribution in [0.5, 0.6) is 23.0 Å². The zero-order valence-corrected chi connectivity index (χ0v) is 23.4. The van der Waals surface area contributed by atoms with Crippen molar-refractivity contribution < 1.29 is 28.5 Å². The number of nitrogens with one attached hydrogen (secondary N) is 1. The van der Waals surface area contributed by atoms with Crippen LogP contribution in [-0.4, -0.2) is 70.7 Å². The lowest BCUT2D eigenvalue weighted by Gasteiger charge is -2.38. The van der Waals surface area contributed by atoms with Gasteiger partial charge in [-0.15, -0.1) is 0 Å². The van der Waals surface area contributed by atoms with E-state index in [4.69, 9.17) is 18.9 Å². The Bertz CT molecular complexity index is 973. The first kappa shape index (κ1) is 30.3. The van der Waals surface area contributed by atoms with Crippen molar-refractivity contribution in [2.45, 2.75) is 26.7 Å². The SMILES string of the molecule is CC(=O)Cl.COc1cc(CC2CN(C(C)=O)C2)cc(OC)c1.COc1cc(CC2CNC2)cc(OC)c1. The van der Waals surface area contributed by atoms with Crippen LogP contribution < -0.4 is 24.3 Å². The fraction of sp³-hybridized carbons (Fsp3) is 0.500. The molecule has 2 aliphatic rings. The highest BCUT2D eigenvalue weighted by Crippen LogP contribution is 2.27. The Morgan fingerprint density at radius 3 is 1.38 bits per heavy atom. The predicted octanol–water partition coefficient (Wildman–Crippen LogP) is 3.96. The van der Waals surface area contributed by atoms with E-state index in [9.17, 15) is 9.59 Å². The van der Waals surface area contributed by atoms with Crippen LogP contribution in [0.25, 0.3) is 0 Å². The van der Waals surface area contributed by atoms with Crippen LogP contribution in [-0.2, 0) is 22.4 Å². The minimum Gasteiger partial charge on any atom is -0.497 e. The van der Waals surface area contributed by atoms with Crippen molar-refractivity contribution >= 4 is 22.8 Å². The summed E-state index contributed by atoms with van der Waals surface area (Å²) >= 11 is 4.64. The highest BCUT2D eigenvalue weighted by atomic mass is 35.5. The maximum Gasteiger partial charge on any atom is 0.219 e. The van der Waals surface area contributed by atoms with Gasteiger partial charge in [-0.1, -0.05) is 0 Å². The zero-order valence-electron chi connectivity index (χ0n) is 22.6. The third-order valence-corrected chi connectivity index (χ3v) is 6.14. The molecule has 37 heavy (non-hydrogen) atoms. The molecule has 2 heterocycles. The van der Waals surface area contributed by atoms with Crippen molar-refractivity contribution in [1.82, 2.24) is 10.2 Å². The Morgan fingerprint density at radius 1 is 0.757 bits per heavy atom. The summed E-state index contributed by atoms with van der Waals surface area (Å²) in [4.78, 5) is 22.2. The first-order chi connectivity index (χ1) is 17.7. The van der Waals surface area contributed by atoms with Gasteiger partial charge in [0.1, 0.15) is 23.0 Å².